The molecule has 9 heavy (non-hydrogen) atoms. The molecule has 0 aromatic rings. The summed E-state index contributed by atoms with van der Waals surface area (Å²) in [4.78, 5) is 10.2. The minimum absolute atomic E-state index is 0.637. The van der Waals surface area contributed by atoms with Crippen LogP contribution in [0.1, 0.15) is 6.42 Å². The molecule has 0 saturated heterocycles. The van der Waals surface area contributed by atoms with E-state index in [2.05, 4.69) is 5.32 Å². The van der Waals surface area contributed by atoms with Crippen molar-refractivity contribution in [2.45, 2.75) is 12.4 Å². The summed E-state index contributed by atoms with van der Waals surface area (Å²) in [6.45, 7) is 0. The third-order valence-electron chi connectivity index (χ3n) is 0.677. The maximum Gasteiger partial charge on any atom is 0.284 e. The van der Waals surface area contributed by atoms with E-state index in [1.54, 1.807) is 0 Å². The van der Waals surface area contributed by atoms with E-state index < -0.39 is 18.3 Å². The van der Waals surface area contributed by atoms with E-state index in [0.29, 0.717) is 0 Å². The van der Waals surface area contributed by atoms with Gasteiger partial charge >= 0.3 is 0 Å². The van der Waals surface area contributed by atoms with Crippen LogP contribution in [0.15, 0.2) is 0 Å². The van der Waals surface area contributed by atoms with Crippen molar-refractivity contribution in [2.75, 3.05) is 7.05 Å². The van der Waals surface area contributed by atoms with Gasteiger partial charge in [0, 0.05) is 7.05 Å². The summed E-state index contributed by atoms with van der Waals surface area (Å²) in [6, 6.07) is 0. The summed E-state index contributed by atoms with van der Waals surface area (Å²) in [6.07, 6.45) is -0.733. The number of hydrogen-bond donors (Lipinski definition) is 4. The first-order valence-electron chi connectivity index (χ1n) is 2.33. The molecule has 0 radical (unpaired) electrons. The third kappa shape index (κ3) is 5.22. The van der Waals surface area contributed by atoms with Crippen molar-refractivity contribution in [3.05, 3.63) is 0 Å². The van der Waals surface area contributed by atoms with Gasteiger partial charge in [-0.2, -0.15) is 0 Å². The van der Waals surface area contributed by atoms with E-state index in [1.807, 2.05) is 0 Å². The van der Waals surface area contributed by atoms with E-state index in [-0.39, 0.29) is 0 Å². The van der Waals surface area contributed by atoms with Crippen LogP contribution in [0.2, 0.25) is 0 Å². The number of amides is 1. The molecule has 0 fully saturated rings. The molecule has 5 nitrogen and oxygen atoms in total. The van der Waals surface area contributed by atoms with Crippen molar-refractivity contribution in [1.29, 1.82) is 0 Å². The molecule has 0 bridgehead atoms. The van der Waals surface area contributed by atoms with Crippen LogP contribution < -0.4 is 5.32 Å². The van der Waals surface area contributed by atoms with Crippen LogP contribution in [-0.2, 0) is 4.79 Å². The van der Waals surface area contributed by atoms with Crippen LogP contribution >= 0.6 is 0 Å². The Morgan fingerprint density at radius 1 is 1.56 bits per heavy atom. The summed E-state index contributed by atoms with van der Waals surface area (Å²) < 4.78 is 0. The Kier molecular flexibility index (Phi) is 2.57. The maximum absolute atomic E-state index is 10.2. The van der Waals surface area contributed by atoms with Crippen LogP contribution in [0.4, 0.5) is 0 Å². The van der Waals surface area contributed by atoms with Crippen LogP contribution in [0.5, 0.6) is 0 Å². The van der Waals surface area contributed by atoms with Crippen molar-refractivity contribution in [1.82, 2.24) is 5.32 Å². The molecule has 0 spiro atoms. The van der Waals surface area contributed by atoms with Gasteiger partial charge in [0.15, 0.2) is 0 Å². The first-order valence-corrected chi connectivity index (χ1v) is 2.33. The van der Waals surface area contributed by atoms with Gasteiger partial charge in [0.05, 0.1) is 0 Å². The highest BCUT2D eigenvalue weighted by atomic mass is 16.7. The topological polar surface area (TPSA) is 89.8 Å². The number of nitrogens with one attached hydrogen (secondary N) is 1. The normalized spacial score (nSPS) is 11.1. The predicted molar refractivity (Wildman–Crippen MR) is 28.1 cm³/mol. The second-order valence-corrected chi connectivity index (χ2v) is 1.62. The van der Waals surface area contributed by atoms with Gasteiger partial charge in [0.25, 0.3) is 5.97 Å². The van der Waals surface area contributed by atoms with E-state index in [4.69, 9.17) is 15.3 Å². The molecule has 0 heterocycles. The number of aliphatic hydroxyl groups is 3. The average molecular weight is 135 g/mol. The quantitative estimate of drug-likeness (QED) is 0.322. The monoisotopic (exact) mass is 135 g/mol. The highest BCUT2D eigenvalue weighted by Crippen LogP contribution is 1.97. The minimum atomic E-state index is -2.89. The Balaban J connectivity index is 3.60. The van der Waals surface area contributed by atoms with Crippen LogP contribution in [0.25, 0.3) is 0 Å². The first kappa shape index (κ1) is 8.35. The number of rotatable bonds is 2. The molecule has 4 N–H and O–H groups in total. The zero-order valence-electron chi connectivity index (χ0n) is 4.96. The summed E-state index contributed by atoms with van der Waals surface area (Å²) in [5, 5.41) is 26.6. The van der Waals surface area contributed by atoms with E-state index >= 15 is 0 Å². The summed E-state index contributed by atoms with van der Waals surface area (Å²) >= 11 is 0. The van der Waals surface area contributed by atoms with Crippen molar-refractivity contribution in [3.63, 3.8) is 0 Å². The second-order valence-electron chi connectivity index (χ2n) is 1.62. The van der Waals surface area contributed by atoms with Gasteiger partial charge in [0.2, 0.25) is 5.91 Å². The Morgan fingerprint density at radius 2 is 2.00 bits per heavy atom. The third-order valence-corrected chi connectivity index (χ3v) is 0.677. The molecule has 0 aliphatic carbocycles. The molecule has 0 unspecified atom stereocenters. The molecule has 0 aliphatic rings. The zero-order valence-corrected chi connectivity index (χ0v) is 4.96. The summed E-state index contributed by atoms with van der Waals surface area (Å²) in [5.41, 5.74) is 0. The Bertz CT molecular complexity index is 106. The van der Waals surface area contributed by atoms with Crippen LogP contribution in [0, 0.1) is 0 Å². The molecular formula is C4H9NO4. The lowest BCUT2D eigenvalue weighted by Gasteiger charge is -2.11. The number of hydrogen-bond acceptors (Lipinski definition) is 4. The Hall–Kier alpha value is -0.650. The van der Waals surface area contributed by atoms with Gasteiger partial charge in [0.1, 0.15) is 6.42 Å². The van der Waals surface area contributed by atoms with Crippen molar-refractivity contribution < 1.29 is 20.1 Å². The highest BCUT2D eigenvalue weighted by Gasteiger charge is 2.21. The molecule has 0 aromatic carbocycles. The smallest absolute Gasteiger partial charge is 0.284 e. The number of carbonyl (C=O) groups is 1. The largest absolute Gasteiger partial charge is 0.359 e. The molecular weight excluding hydrogens is 126 g/mol. The van der Waals surface area contributed by atoms with Crippen molar-refractivity contribution in [3.8, 4) is 0 Å². The molecule has 0 aliphatic heterocycles. The highest BCUT2D eigenvalue weighted by molar-refractivity contribution is 5.76. The minimum Gasteiger partial charge on any atom is -0.359 e. The van der Waals surface area contributed by atoms with Gasteiger partial charge in [-0.05, 0) is 0 Å². The molecule has 54 valence electrons. The van der Waals surface area contributed by atoms with E-state index in [9.17, 15) is 4.79 Å². The fourth-order valence-corrected chi connectivity index (χ4v) is 0.304. The van der Waals surface area contributed by atoms with Gasteiger partial charge in [-0.15, -0.1) is 0 Å². The van der Waals surface area contributed by atoms with Gasteiger partial charge in [-0.1, -0.05) is 0 Å². The molecule has 0 aromatic heterocycles. The van der Waals surface area contributed by atoms with Crippen LogP contribution in [-0.4, -0.2) is 34.2 Å². The Morgan fingerprint density at radius 3 is 2.11 bits per heavy atom. The zero-order chi connectivity index (χ0) is 7.49. The lowest BCUT2D eigenvalue weighted by Crippen LogP contribution is -2.34. The molecule has 5 heteroatoms. The number of carbonyl (C=O) groups excluding carboxylic acids is 1. The summed E-state index contributed by atoms with van der Waals surface area (Å²) in [7, 11) is 1.33. The van der Waals surface area contributed by atoms with Gasteiger partial charge < -0.3 is 20.6 Å². The lowest BCUT2D eigenvalue weighted by atomic mass is 10.3. The standard InChI is InChI=1S/C4H9NO4/c1-5-3(6)2-4(7,8)9/h7-9H,2H2,1H3,(H,5,6). The molecule has 0 rings (SSSR count). The van der Waals surface area contributed by atoms with Crippen molar-refractivity contribution >= 4 is 5.91 Å². The fraction of sp³-hybridized carbons (Fsp3) is 0.750. The van der Waals surface area contributed by atoms with Crippen LogP contribution in [0.3, 0.4) is 0 Å². The van der Waals surface area contributed by atoms with Gasteiger partial charge in [-0.3, -0.25) is 4.79 Å². The molecule has 1 amide bonds. The lowest BCUT2D eigenvalue weighted by molar-refractivity contribution is -0.309. The first-order chi connectivity index (χ1) is 3.95. The van der Waals surface area contributed by atoms with E-state index in [1.165, 1.54) is 7.05 Å². The van der Waals surface area contributed by atoms with Crippen molar-refractivity contribution in [2.24, 2.45) is 0 Å². The van der Waals surface area contributed by atoms with Gasteiger partial charge in [-0.25, -0.2) is 0 Å². The maximum atomic E-state index is 10.2. The van der Waals surface area contributed by atoms with E-state index in [0.717, 1.165) is 0 Å². The second kappa shape index (κ2) is 2.77. The fourth-order valence-electron chi connectivity index (χ4n) is 0.304. The summed E-state index contributed by atoms with van der Waals surface area (Å²) in [5.74, 6) is -3.53. The Labute approximate surface area is 51.9 Å². The predicted octanol–water partition coefficient (Wildman–Crippen LogP) is -2.25. The molecule has 0 saturated carbocycles. The average Bonchev–Trinajstić information content (AvgIpc) is 1.62. The SMILES string of the molecule is CNC(=O)CC(O)(O)O. The molecule has 0 atom stereocenters.